The number of unbranched alkanes of at least 4 members (excludes halogenated alkanes) is 1. The fourth-order valence-corrected chi connectivity index (χ4v) is 5.71. The van der Waals surface area contributed by atoms with Crippen LogP contribution in [0.25, 0.3) is 0 Å². The first kappa shape index (κ1) is 22.4. The first-order chi connectivity index (χ1) is 12.6. The Bertz CT molecular complexity index is 791. The highest BCUT2D eigenvalue weighted by molar-refractivity contribution is 7.92. The molecule has 0 bridgehead atoms. The molecule has 2 N–H and O–H groups in total. The van der Waals surface area contributed by atoms with Gasteiger partial charge < -0.3 is 0 Å². The molecule has 1 fully saturated rings. The summed E-state index contributed by atoms with van der Waals surface area (Å²) in [6, 6.07) is 6.80. The maximum Gasteiger partial charge on any atom is 0.238 e. The summed E-state index contributed by atoms with van der Waals surface area (Å²) in [6.45, 7) is 3.53. The zero-order valence-corrected chi connectivity index (χ0v) is 18.1. The molecule has 27 heavy (non-hydrogen) atoms. The molecule has 0 heterocycles. The number of aryl methyl sites for hydroxylation is 1. The molecule has 0 spiro atoms. The Balaban J connectivity index is 1.66. The topological polar surface area (TPSA) is 94.3 Å². The van der Waals surface area contributed by atoms with Gasteiger partial charge in [0.2, 0.25) is 10.0 Å². The fraction of sp³-hybridized carbons (Fsp3) is 0.700. The summed E-state index contributed by atoms with van der Waals surface area (Å²) >= 11 is 0. The number of sulfonamides is 1. The normalized spacial score (nSPS) is 21.5. The van der Waals surface area contributed by atoms with Crippen LogP contribution in [0.5, 0.6) is 0 Å². The third-order valence-corrected chi connectivity index (χ3v) is 9.03. The Kier molecular flexibility index (Phi) is 7.89. The molecule has 1 saturated carbocycles. The molecular formula is C20H33NO4S2. The van der Waals surface area contributed by atoms with Crippen molar-refractivity contribution in [3.63, 3.8) is 0 Å². The minimum atomic E-state index is -3.62. The summed E-state index contributed by atoms with van der Waals surface area (Å²) in [5.74, 6) is 1.41. The SMILES string of the molecule is CC(C)S(=O)(=O)CC1CCC(CCCCc2ccc(S(N)(=O)=O)cc2)CC1. The first-order valence-electron chi connectivity index (χ1n) is 9.91. The minimum Gasteiger partial charge on any atom is -0.229 e. The predicted octanol–water partition coefficient (Wildman–Crippen LogP) is 3.68. The summed E-state index contributed by atoms with van der Waals surface area (Å²) in [5.41, 5.74) is 1.13. The number of primary sulfonamides is 1. The van der Waals surface area contributed by atoms with Crippen molar-refractivity contribution in [2.75, 3.05) is 5.75 Å². The summed E-state index contributed by atoms with van der Waals surface area (Å²) < 4.78 is 46.6. The monoisotopic (exact) mass is 415 g/mol. The van der Waals surface area contributed by atoms with Crippen molar-refractivity contribution in [3.8, 4) is 0 Å². The van der Waals surface area contributed by atoms with Crippen LogP contribution >= 0.6 is 0 Å². The molecule has 7 heteroatoms. The lowest BCUT2D eigenvalue weighted by atomic mass is 9.80. The van der Waals surface area contributed by atoms with Gasteiger partial charge in [-0.3, -0.25) is 0 Å². The third-order valence-electron chi connectivity index (χ3n) is 5.73. The van der Waals surface area contributed by atoms with E-state index in [4.69, 9.17) is 5.14 Å². The Morgan fingerprint density at radius 1 is 0.926 bits per heavy atom. The number of benzene rings is 1. The van der Waals surface area contributed by atoms with Crippen LogP contribution in [-0.2, 0) is 26.3 Å². The van der Waals surface area contributed by atoms with E-state index in [1.165, 1.54) is 6.42 Å². The molecule has 5 nitrogen and oxygen atoms in total. The van der Waals surface area contributed by atoms with E-state index in [0.29, 0.717) is 17.6 Å². The molecule has 0 aromatic heterocycles. The van der Waals surface area contributed by atoms with Crippen LogP contribution in [0.15, 0.2) is 29.2 Å². The quantitative estimate of drug-likeness (QED) is 0.623. The molecule has 0 saturated heterocycles. The van der Waals surface area contributed by atoms with Gasteiger partial charge >= 0.3 is 0 Å². The molecular weight excluding hydrogens is 382 g/mol. The van der Waals surface area contributed by atoms with Crippen LogP contribution in [0.2, 0.25) is 0 Å². The number of hydrogen-bond acceptors (Lipinski definition) is 4. The van der Waals surface area contributed by atoms with E-state index in [1.807, 2.05) is 12.1 Å². The maximum absolute atomic E-state index is 12.1. The van der Waals surface area contributed by atoms with E-state index in [2.05, 4.69) is 0 Å². The van der Waals surface area contributed by atoms with E-state index in [0.717, 1.165) is 50.5 Å². The molecule has 0 aliphatic heterocycles. The third kappa shape index (κ3) is 7.20. The van der Waals surface area contributed by atoms with Gasteiger partial charge in [-0.05, 0) is 69.1 Å². The van der Waals surface area contributed by atoms with E-state index in [-0.39, 0.29) is 10.1 Å². The van der Waals surface area contributed by atoms with E-state index < -0.39 is 19.9 Å². The van der Waals surface area contributed by atoms with Crippen LogP contribution in [0.4, 0.5) is 0 Å². The van der Waals surface area contributed by atoms with Crippen molar-refractivity contribution in [2.24, 2.45) is 17.0 Å². The van der Waals surface area contributed by atoms with Crippen molar-refractivity contribution in [3.05, 3.63) is 29.8 Å². The van der Waals surface area contributed by atoms with Crippen molar-refractivity contribution in [1.82, 2.24) is 0 Å². The van der Waals surface area contributed by atoms with Gasteiger partial charge in [-0.1, -0.05) is 37.8 Å². The van der Waals surface area contributed by atoms with E-state index >= 15 is 0 Å². The number of hydrogen-bond donors (Lipinski definition) is 1. The molecule has 1 aromatic rings. The van der Waals surface area contributed by atoms with Gasteiger partial charge in [0.05, 0.1) is 15.9 Å². The van der Waals surface area contributed by atoms with Gasteiger partial charge in [-0.25, -0.2) is 22.0 Å². The van der Waals surface area contributed by atoms with Crippen LogP contribution in [0.1, 0.15) is 64.4 Å². The second-order valence-corrected chi connectivity index (χ2v) is 12.4. The minimum absolute atomic E-state index is 0.155. The molecule has 2 rings (SSSR count). The van der Waals surface area contributed by atoms with Gasteiger partial charge in [0.25, 0.3) is 0 Å². The van der Waals surface area contributed by atoms with E-state index in [1.54, 1.807) is 26.0 Å². The zero-order chi connectivity index (χ0) is 20.1. The maximum atomic E-state index is 12.1. The Morgan fingerprint density at radius 2 is 1.48 bits per heavy atom. The Labute approximate surface area is 164 Å². The highest BCUT2D eigenvalue weighted by Crippen LogP contribution is 2.33. The first-order valence-corrected chi connectivity index (χ1v) is 13.2. The van der Waals surface area contributed by atoms with Crippen LogP contribution in [0, 0.1) is 11.8 Å². The van der Waals surface area contributed by atoms with Gasteiger partial charge in [0.1, 0.15) is 0 Å². The number of sulfone groups is 1. The lowest BCUT2D eigenvalue weighted by Gasteiger charge is -2.28. The molecule has 0 radical (unpaired) electrons. The van der Waals surface area contributed by atoms with Gasteiger partial charge in [0, 0.05) is 0 Å². The van der Waals surface area contributed by atoms with Crippen molar-refractivity contribution < 1.29 is 16.8 Å². The molecule has 1 aliphatic rings. The van der Waals surface area contributed by atoms with E-state index in [9.17, 15) is 16.8 Å². The van der Waals surface area contributed by atoms with Crippen LogP contribution in [-0.4, -0.2) is 27.8 Å². The smallest absolute Gasteiger partial charge is 0.229 e. The molecule has 1 aliphatic carbocycles. The van der Waals surface area contributed by atoms with Crippen molar-refractivity contribution in [2.45, 2.75) is 75.4 Å². The fourth-order valence-electron chi connectivity index (χ4n) is 3.82. The van der Waals surface area contributed by atoms with Gasteiger partial charge in [-0.15, -0.1) is 0 Å². The average Bonchev–Trinajstić information content (AvgIpc) is 2.59. The van der Waals surface area contributed by atoms with Gasteiger partial charge in [-0.2, -0.15) is 0 Å². The number of rotatable bonds is 9. The predicted molar refractivity (Wildman–Crippen MR) is 110 cm³/mol. The lowest BCUT2D eigenvalue weighted by Crippen LogP contribution is -2.26. The highest BCUT2D eigenvalue weighted by atomic mass is 32.2. The van der Waals surface area contributed by atoms with Crippen molar-refractivity contribution >= 4 is 19.9 Å². The summed E-state index contributed by atoms with van der Waals surface area (Å²) in [4.78, 5) is 0.155. The second-order valence-electron chi connectivity index (χ2n) is 8.20. The molecule has 0 unspecified atom stereocenters. The average molecular weight is 416 g/mol. The standard InChI is InChI=1S/C20H33NO4S2/c1-16(2)26(22,23)15-19-9-7-17(8-10-19)5-3-4-6-18-11-13-20(14-12-18)27(21,24)25/h11-14,16-17,19H,3-10,15H2,1-2H3,(H2,21,24,25). The summed E-state index contributed by atoms with van der Waals surface area (Å²) in [7, 11) is -6.54. The van der Waals surface area contributed by atoms with Crippen LogP contribution in [0.3, 0.4) is 0 Å². The van der Waals surface area contributed by atoms with Crippen LogP contribution < -0.4 is 5.14 Å². The molecule has 154 valence electrons. The number of nitrogens with two attached hydrogens (primary N) is 1. The van der Waals surface area contributed by atoms with Crippen molar-refractivity contribution in [1.29, 1.82) is 0 Å². The second kappa shape index (κ2) is 9.52. The Morgan fingerprint density at radius 3 is 2.00 bits per heavy atom. The zero-order valence-electron chi connectivity index (χ0n) is 16.4. The summed E-state index contributed by atoms with van der Waals surface area (Å²) in [6.07, 6.45) is 8.71. The lowest BCUT2D eigenvalue weighted by molar-refractivity contribution is 0.273. The molecule has 0 atom stereocenters. The van der Waals surface area contributed by atoms with Gasteiger partial charge in [0.15, 0.2) is 9.84 Å². The Hall–Kier alpha value is -0.920. The summed E-state index contributed by atoms with van der Waals surface area (Å²) in [5, 5.41) is 4.84. The molecule has 1 aromatic carbocycles. The highest BCUT2D eigenvalue weighted by Gasteiger charge is 2.26. The molecule has 0 amide bonds. The largest absolute Gasteiger partial charge is 0.238 e.